The lowest BCUT2D eigenvalue weighted by atomic mass is 9.97. The van der Waals surface area contributed by atoms with Gasteiger partial charge < -0.3 is 5.21 Å². The summed E-state index contributed by atoms with van der Waals surface area (Å²) >= 11 is 1.82. The number of oxime groups is 1. The van der Waals surface area contributed by atoms with Gasteiger partial charge in [-0.1, -0.05) is 30.3 Å². The fraction of sp³-hybridized carbons (Fsp3) is 0.400. The molecule has 19 heavy (non-hydrogen) atoms. The average molecular weight is 274 g/mol. The summed E-state index contributed by atoms with van der Waals surface area (Å²) in [4.78, 5) is 2.45. The molecule has 0 spiro atoms. The van der Waals surface area contributed by atoms with Gasteiger partial charge in [-0.05, 0) is 22.4 Å². The van der Waals surface area contributed by atoms with Gasteiger partial charge in [0.05, 0.1) is 5.71 Å². The Balaban J connectivity index is 1.76. The largest absolute Gasteiger partial charge is 0.411 e. The second-order valence-electron chi connectivity index (χ2n) is 5.23. The second-order valence-corrected chi connectivity index (χ2v) is 6.15. The van der Waals surface area contributed by atoms with Crippen molar-refractivity contribution in [2.75, 3.05) is 13.1 Å². The summed E-state index contributed by atoms with van der Waals surface area (Å²) in [5.74, 6) is 0.351. The molecule has 1 N–H and O–H groups in total. The number of hydrogen-bond donors (Lipinski definition) is 1. The van der Waals surface area contributed by atoms with Crippen LogP contribution in [0.5, 0.6) is 0 Å². The number of hydrogen-bond acceptors (Lipinski definition) is 4. The molecule has 1 atom stereocenters. The number of rotatable bonds is 2. The molecule has 4 heteroatoms. The number of piperidine rings is 1. The summed E-state index contributed by atoms with van der Waals surface area (Å²) in [6.07, 6.45) is 0.875. The first-order valence-electron chi connectivity index (χ1n) is 6.66. The van der Waals surface area contributed by atoms with E-state index in [-0.39, 0.29) is 0 Å². The first-order chi connectivity index (χ1) is 9.28. The van der Waals surface area contributed by atoms with Gasteiger partial charge in [0.1, 0.15) is 0 Å². The van der Waals surface area contributed by atoms with Crippen LogP contribution in [0.4, 0.5) is 0 Å². The molecule has 2 heterocycles. The lowest BCUT2D eigenvalue weighted by molar-refractivity contribution is 0.229. The molecule has 3 rings (SSSR count). The van der Waals surface area contributed by atoms with Crippen molar-refractivity contribution >= 4 is 27.1 Å². The standard InChI is InChI=1S/C15H18N2OS/c1-11-8-17(7-6-14(11)16-18)9-12-10-19-15-5-3-2-4-13(12)15/h2-5,10-11,18H,6-9H2,1H3/b16-14+. The third-order valence-corrected chi connectivity index (χ3v) is 4.88. The van der Waals surface area contributed by atoms with Crippen LogP contribution < -0.4 is 0 Å². The summed E-state index contributed by atoms with van der Waals surface area (Å²) in [5, 5.41) is 16.0. The normalized spacial score (nSPS) is 23.2. The predicted molar refractivity (Wildman–Crippen MR) is 80.1 cm³/mol. The van der Waals surface area contributed by atoms with Gasteiger partial charge in [0.2, 0.25) is 0 Å². The van der Waals surface area contributed by atoms with Gasteiger partial charge in [0.15, 0.2) is 0 Å². The van der Waals surface area contributed by atoms with Gasteiger partial charge >= 0.3 is 0 Å². The Hall–Kier alpha value is -1.39. The zero-order chi connectivity index (χ0) is 13.2. The molecule has 0 bridgehead atoms. The highest BCUT2D eigenvalue weighted by molar-refractivity contribution is 7.17. The molecular weight excluding hydrogens is 256 g/mol. The second kappa shape index (κ2) is 5.31. The van der Waals surface area contributed by atoms with Gasteiger partial charge in [-0.15, -0.1) is 11.3 Å². The zero-order valence-electron chi connectivity index (χ0n) is 11.0. The molecule has 1 aliphatic rings. The van der Waals surface area contributed by atoms with Crippen LogP contribution in [0, 0.1) is 5.92 Å². The SMILES string of the molecule is CC1CN(Cc2csc3ccccc23)CC/C1=N\O. The van der Waals surface area contributed by atoms with Crippen molar-refractivity contribution in [1.82, 2.24) is 4.90 Å². The van der Waals surface area contributed by atoms with E-state index in [0.29, 0.717) is 5.92 Å². The number of fused-ring (bicyclic) bond motifs is 1. The molecular formula is C15H18N2OS. The Morgan fingerprint density at radius 2 is 2.26 bits per heavy atom. The Kier molecular flexibility index (Phi) is 3.53. The van der Waals surface area contributed by atoms with Crippen molar-refractivity contribution in [2.45, 2.75) is 19.9 Å². The van der Waals surface area contributed by atoms with Crippen LogP contribution in [0.3, 0.4) is 0 Å². The van der Waals surface area contributed by atoms with Gasteiger partial charge in [0.25, 0.3) is 0 Å². The van der Waals surface area contributed by atoms with E-state index in [2.05, 4.69) is 46.6 Å². The van der Waals surface area contributed by atoms with E-state index >= 15 is 0 Å². The average Bonchev–Trinajstić information content (AvgIpc) is 2.83. The molecule has 0 saturated carbocycles. The van der Waals surface area contributed by atoms with Crippen molar-refractivity contribution in [1.29, 1.82) is 0 Å². The quantitative estimate of drug-likeness (QED) is 0.671. The molecule has 0 aliphatic carbocycles. The minimum absolute atomic E-state index is 0.351. The highest BCUT2D eigenvalue weighted by Gasteiger charge is 2.23. The fourth-order valence-corrected chi connectivity index (χ4v) is 3.75. The van der Waals surface area contributed by atoms with Gasteiger partial charge in [-0.2, -0.15) is 0 Å². The molecule has 3 nitrogen and oxygen atoms in total. The van der Waals surface area contributed by atoms with E-state index < -0.39 is 0 Å². The number of likely N-dealkylation sites (tertiary alicyclic amines) is 1. The monoisotopic (exact) mass is 274 g/mol. The Morgan fingerprint density at radius 1 is 1.42 bits per heavy atom. The summed E-state index contributed by atoms with van der Waals surface area (Å²) in [6.45, 7) is 5.08. The maximum absolute atomic E-state index is 8.92. The summed E-state index contributed by atoms with van der Waals surface area (Å²) in [7, 11) is 0. The van der Waals surface area contributed by atoms with Crippen LogP contribution in [0.25, 0.3) is 10.1 Å². The van der Waals surface area contributed by atoms with Gasteiger partial charge in [-0.3, -0.25) is 4.90 Å². The van der Waals surface area contributed by atoms with Crippen LogP contribution in [-0.2, 0) is 6.54 Å². The summed E-state index contributed by atoms with van der Waals surface area (Å²) < 4.78 is 1.36. The molecule has 1 aromatic heterocycles. The topological polar surface area (TPSA) is 35.8 Å². The number of nitrogens with zero attached hydrogens (tertiary/aromatic N) is 2. The van der Waals surface area contributed by atoms with Crippen LogP contribution in [-0.4, -0.2) is 28.9 Å². The molecule has 0 radical (unpaired) electrons. The number of benzene rings is 1. The zero-order valence-corrected chi connectivity index (χ0v) is 11.9. The van der Waals surface area contributed by atoms with Gasteiger partial charge in [0, 0.05) is 36.7 Å². The highest BCUT2D eigenvalue weighted by Crippen LogP contribution is 2.27. The molecule has 1 aromatic carbocycles. The summed E-state index contributed by atoms with van der Waals surface area (Å²) in [5.41, 5.74) is 2.35. The third kappa shape index (κ3) is 2.51. The van der Waals surface area contributed by atoms with Crippen LogP contribution in [0.15, 0.2) is 34.8 Å². The van der Waals surface area contributed by atoms with E-state index in [0.717, 1.165) is 31.8 Å². The Morgan fingerprint density at radius 3 is 3.05 bits per heavy atom. The van der Waals surface area contributed by atoms with E-state index in [4.69, 9.17) is 5.21 Å². The molecule has 0 amide bonds. The summed E-state index contributed by atoms with van der Waals surface area (Å²) in [6, 6.07) is 8.58. The molecule has 1 unspecified atom stereocenters. The van der Waals surface area contributed by atoms with E-state index in [1.54, 1.807) is 0 Å². The maximum Gasteiger partial charge on any atom is 0.0624 e. The molecule has 1 aliphatic heterocycles. The van der Waals surface area contributed by atoms with E-state index in [1.165, 1.54) is 15.6 Å². The fourth-order valence-electron chi connectivity index (χ4n) is 2.79. The third-order valence-electron chi connectivity index (χ3n) is 3.87. The lowest BCUT2D eigenvalue weighted by Gasteiger charge is -2.31. The van der Waals surface area contributed by atoms with Crippen molar-refractivity contribution in [3.63, 3.8) is 0 Å². The van der Waals surface area contributed by atoms with E-state index in [1.807, 2.05) is 11.3 Å². The Bertz CT molecular complexity index is 605. The van der Waals surface area contributed by atoms with Gasteiger partial charge in [-0.25, -0.2) is 0 Å². The molecule has 1 fully saturated rings. The first-order valence-corrected chi connectivity index (χ1v) is 7.54. The molecule has 1 saturated heterocycles. The molecule has 100 valence electrons. The van der Waals surface area contributed by atoms with E-state index in [9.17, 15) is 0 Å². The first kappa shape index (κ1) is 12.6. The lowest BCUT2D eigenvalue weighted by Crippen LogP contribution is -2.39. The van der Waals surface area contributed by atoms with Crippen molar-refractivity contribution in [3.8, 4) is 0 Å². The van der Waals surface area contributed by atoms with Crippen LogP contribution >= 0.6 is 11.3 Å². The minimum atomic E-state index is 0.351. The number of thiophene rings is 1. The van der Waals surface area contributed by atoms with Crippen molar-refractivity contribution in [3.05, 3.63) is 35.2 Å². The highest BCUT2D eigenvalue weighted by atomic mass is 32.1. The Labute approximate surface area is 117 Å². The smallest absolute Gasteiger partial charge is 0.0624 e. The van der Waals surface area contributed by atoms with Crippen LogP contribution in [0.1, 0.15) is 18.9 Å². The van der Waals surface area contributed by atoms with Crippen LogP contribution in [0.2, 0.25) is 0 Å². The maximum atomic E-state index is 8.92. The van der Waals surface area contributed by atoms with Crippen molar-refractivity contribution < 1.29 is 5.21 Å². The predicted octanol–water partition coefficient (Wildman–Crippen LogP) is 3.57. The molecule has 2 aromatic rings. The minimum Gasteiger partial charge on any atom is -0.411 e. The van der Waals surface area contributed by atoms with Crippen molar-refractivity contribution in [2.24, 2.45) is 11.1 Å².